The first-order valence-electron chi connectivity index (χ1n) is 11.1. The van der Waals surface area contributed by atoms with Crippen molar-refractivity contribution in [1.82, 2.24) is 0 Å². The van der Waals surface area contributed by atoms with Gasteiger partial charge in [0.2, 0.25) is 5.91 Å². The van der Waals surface area contributed by atoms with Gasteiger partial charge in [-0.05, 0) is 58.5 Å². The molecule has 2 unspecified atom stereocenters. The summed E-state index contributed by atoms with van der Waals surface area (Å²) in [5.74, 6) is 0.464. The van der Waals surface area contributed by atoms with E-state index in [1.54, 1.807) is 12.1 Å². The van der Waals surface area contributed by atoms with E-state index in [1.807, 2.05) is 48.5 Å². The zero-order chi connectivity index (χ0) is 22.8. The van der Waals surface area contributed by atoms with E-state index in [4.69, 9.17) is 11.6 Å². The average Bonchev–Trinajstić information content (AvgIpc) is 3.19. The van der Waals surface area contributed by atoms with E-state index in [2.05, 4.69) is 41.7 Å². The Morgan fingerprint density at radius 3 is 2.36 bits per heavy atom. The molecule has 1 aliphatic carbocycles. The van der Waals surface area contributed by atoms with Crippen LogP contribution in [-0.4, -0.2) is 11.0 Å². The highest BCUT2D eigenvalue weighted by Crippen LogP contribution is 2.49. The quantitative estimate of drug-likeness (QED) is 0.353. The van der Waals surface area contributed by atoms with Crippen molar-refractivity contribution in [3.8, 4) is 5.75 Å². The number of phenolic OH excluding ortho intramolecular Hbond substituents is 1. The van der Waals surface area contributed by atoms with Crippen LogP contribution in [0.5, 0.6) is 5.75 Å². The summed E-state index contributed by atoms with van der Waals surface area (Å²) in [5, 5.41) is 13.4. The van der Waals surface area contributed by atoms with Gasteiger partial charge in [0.05, 0.1) is 6.42 Å². The molecule has 4 heteroatoms. The largest absolute Gasteiger partial charge is 0.508 e. The lowest BCUT2D eigenvalue weighted by Gasteiger charge is -2.23. The summed E-state index contributed by atoms with van der Waals surface area (Å²) in [6.45, 7) is 0. The molecule has 4 aromatic carbocycles. The molecule has 2 atom stereocenters. The molecule has 0 aromatic heterocycles. The van der Waals surface area contributed by atoms with E-state index in [1.165, 1.54) is 16.7 Å². The maximum absolute atomic E-state index is 12.4. The van der Waals surface area contributed by atoms with Gasteiger partial charge in [-0.25, -0.2) is 0 Å². The number of rotatable bonds is 5. The Balaban J connectivity index is 1.40. The highest BCUT2D eigenvalue weighted by atomic mass is 35.5. The van der Waals surface area contributed by atoms with Crippen LogP contribution in [0.4, 0.5) is 5.69 Å². The lowest BCUT2D eigenvalue weighted by molar-refractivity contribution is -0.115. The molecule has 0 radical (unpaired) electrons. The molecule has 5 rings (SSSR count). The summed E-state index contributed by atoms with van der Waals surface area (Å²) < 4.78 is 0. The highest BCUT2D eigenvalue weighted by molar-refractivity contribution is 6.31. The first kappa shape index (κ1) is 21.3. The Kier molecular flexibility index (Phi) is 5.89. The van der Waals surface area contributed by atoms with Crippen LogP contribution in [0.2, 0.25) is 5.02 Å². The Labute approximate surface area is 198 Å². The Hall–Kier alpha value is -3.56. The number of carbonyl (C=O) groups is 1. The summed E-state index contributed by atoms with van der Waals surface area (Å²) in [5.41, 5.74) is 6.60. The molecular weight excluding hydrogens is 430 g/mol. The predicted molar refractivity (Wildman–Crippen MR) is 133 cm³/mol. The van der Waals surface area contributed by atoms with Gasteiger partial charge in [0, 0.05) is 22.5 Å². The summed E-state index contributed by atoms with van der Waals surface area (Å²) in [7, 11) is 0. The third kappa shape index (κ3) is 4.50. The topological polar surface area (TPSA) is 49.3 Å². The van der Waals surface area contributed by atoms with E-state index in [0.29, 0.717) is 11.4 Å². The summed E-state index contributed by atoms with van der Waals surface area (Å²) in [6.07, 6.45) is 1.24. The molecule has 0 aliphatic heterocycles. The van der Waals surface area contributed by atoms with Crippen molar-refractivity contribution in [2.24, 2.45) is 0 Å². The lowest BCUT2D eigenvalue weighted by Crippen LogP contribution is -2.14. The van der Waals surface area contributed by atoms with Gasteiger partial charge >= 0.3 is 0 Å². The van der Waals surface area contributed by atoms with Gasteiger partial charge in [0.25, 0.3) is 0 Å². The van der Waals surface area contributed by atoms with E-state index in [9.17, 15) is 9.90 Å². The van der Waals surface area contributed by atoms with E-state index in [-0.39, 0.29) is 23.5 Å². The molecule has 1 aliphatic rings. The fraction of sp³-hybridized carbons (Fsp3) is 0.138. The molecule has 0 saturated heterocycles. The number of carbonyl (C=O) groups excluding carboxylic acids is 1. The third-order valence-corrected chi connectivity index (χ3v) is 6.70. The van der Waals surface area contributed by atoms with Gasteiger partial charge in [-0.1, -0.05) is 84.4 Å². The van der Waals surface area contributed by atoms with Gasteiger partial charge in [-0.15, -0.1) is 0 Å². The van der Waals surface area contributed by atoms with Gasteiger partial charge in [0.15, 0.2) is 0 Å². The third-order valence-electron chi connectivity index (χ3n) is 6.38. The van der Waals surface area contributed by atoms with Crippen molar-refractivity contribution in [3.63, 3.8) is 0 Å². The fourth-order valence-electron chi connectivity index (χ4n) is 4.87. The highest BCUT2D eigenvalue weighted by Gasteiger charge is 2.35. The smallest absolute Gasteiger partial charge is 0.228 e. The number of aromatic hydroxyl groups is 1. The molecule has 0 spiro atoms. The monoisotopic (exact) mass is 453 g/mol. The van der Waals surface area contributed by atoms with E-state index < -0.39 is 0 Å². The number of fused-ring (bicyclic) bond motifs is 1. The average molecular weight is 454 g/mol. The van der Waals surface area contributed by atoms with E-state index in [0.717, 1.165) is 23.2 Å². The molecule has 33 heavy (non-hydrogen) atoms. The number of amides is 1. The molecule has 0 bridgehead atoms. The number of hydrogen-bond acceptors (Lipinski definition) is 2. The minimum absolute atomic E-state index is 0.0334. The van der Waals surface area contributed by atoms with Crippen molar-refractivity contribution >= 4 is 23.2 Å². The lowest BCUT2D eigenvalue weighted by atomic mass is 9.81. The maximum Gasteiger partial charge on any atom is 0.228 e. The number of halogens is 1. The van der Waals surface area contributed by atoms with Crippen LogP contribution in [0.3, 0.4) is 0 Å². The Morgan fingerprint density at radius 2 is 1.61 bits per heavy atom. The van der Waals surface area contributed by atoms with Crippen LogP contribution >= 0.6 is 11.6 Å². The second-order valence-corrected chi connectivity index (χ2v) is 8.93. The number of nitrogens with one attached hydrogen (secondary N) is 1. The van der Waals surface area contributed by atoms with Gasteiger partial charge < -0.3 is 10.4 Å². The van der Waals surface area contributed by atoms with Crippen molar-refractivity contribution in [2.75, 3.05) is 5.32 Å². The molecule has 1 amide bonds. The molecule has 0 fully saturated rings. The number of anilines is 1. The second kappa shape index (κ2) is 9.13. The number of hydrogen-bond donors (Lipinski definition) is 2. The zero-order valence-corrected chi connectivity index (χ0v) is 18.8. The summed E-state index contributed by atoms with van der Waals surface area (Å²) >= 11 is 6.55. The van der Waals surface area contributed by atoms with Crippen molar-refractivity contribution in [2.45, 2.75) is 24.7 Å². The number of phenols is 1. The van der Waals surface area contributed by atoms with Crippen LogP contribution in [0.25, 0.3) is 0 Å². The van der Waals surface area contributed by atoms with Crippen LogP contribution in [-0.2, 0) is 17.6 Å². The second-order valence-electron chi connectivity index (χ2n) is 8.53. The normalized spacial score (nSPS) is 16.9. The molecule has 0 saturated carbocycles. The predicted octanol–water partition coefficient (Wildman–Crippen LogP) is 6.70. The maximum atomic E-state index is 12.4. The van der Waals surface area contributed by atoms with Crippen molar-refractivity contribution < 1.29 is 9.90 Å². The first-order valence-corrected chi connectivity index (χ1v) is 11.5. The molecular formula is C29H24ClNO2. The van der Waals surface area contributed by atoms with Gasteiger partial charge in [-0.3, -0.25) is 4.79 Å². The Bertz CT molecular complexity index is 1280. The van der Waals surface area contributed by atoms with Gasteiger partial charge in [0.1, 0.15) is 5.75 Å². The van der Waals surface area contributed by atoms with Crippen LogP contribution < -0.4 is 5.32 Å². The number of benzene rings is 4. The minimum Gasteiger partial charge on any atom is -0.508 e. The SMILES string of the molecule is O=C(Cc1ccccc1)Nc1ccc(C2c3ccccc3CC2c2ccc(O)cc2Cl)cc1. The zero-order valence-electron chi connectivity index (χ0n) is 18.0. The summed E-state index contributed by atoms with van der Waals surface area (Å²) in [6, 6.07) is 31.6. The van der Waals surface area contributed by atoms with Gasteiger partial charge in [-0.2, -0.15) is 0 Å². The van der Waals surface area contributed by atoms with E-state index >= 15 is 0 Å². The van der Waals surface area contributed by atoms with Crippen LogP contribution in [0.1, 0.15) is 39.7 Å². The summed E-state index contributed by atoms with van der Waals surface area (Å²) in [4.78, 5) is 12.4. The fourth-order valence-corrected chi connectivity index (χ4v) is 5.19. The molecule has 4 aromatic rings. The first-order chi connectivity index (χ1) is 16.1. The standard InChI is InChI=1S/C29H24ClNO2/c30-27-18-23(32)14-15-25(27)26-17-21-8-4-5-9-24(21)29(26)20-10-12-22(13-11-20)31-28(33)16-19-6-2-1-3-7-19/h1-15,18,26,29,32H,16-17H2,(H,31,33). The van der Waals surface area contributed by atoms with Crippen molar-refractivity contribution in [3.05, 3.63) is 130 Å². The van der Waals surface area contributed by atoms with Crippen molar-refractivity contribution in [1.29, 1.82) is 0 Å². The minimum atomic E-state index is -0.0334. The van der Waals surface area contributed by atoms with Crippen LogP contribution in [0, 0.1) is 0 Å². The Morgan fingerprint density at radius 1 is 0.879 bits per heavy atom. The molecule has 164 valence electrons. The molecule has 0 heterocycles. The van der Waals surface area contributed by atoms with Crippen LogP contribution in [0.15, 0.2) is 97.1 Å². The molecule has 3 nitrogen and oxygen atoms in total. The molecule has 2 N–H and O–H groups in total.